The molecule has 26 heavy (non-hydrogen) atoms. The fraction of sp³-hybridized carbons (Fsp3) is 0.176. The van der Waals surface area contributed by atoms with E-state index in [1.54, 1.807) is 6.20 Å². The number of nitrogens with zero attached hydrogens (tertiary/aromatic N) is 3. The molecule has 0 fully saturated rings. The van der Waals surface area contributed by atoms with Crippen LogP contribution in [-0.2, 0) is 4.79 Å². The molecule has 3 aromatic rings. The van der Waals surface area contributed by atoms with E-state index in [9.17, 15) is 13.2 Å². The first-order chi connectivity index (χ1) is 12.1. The van der Waals surface area contributed by atoms with Crippen LogP contribution in [0.1, 0.15) is 11.3 Å². The summed E-state index contributed by atoms with van der Waals surface area (Å²) in [5.74, 6) is -1.60. The van der Waals surface area contributed by atoms with Gasteiger partial charge in [0.1, 0.15) is 5.82 Å². The highest BCUT2D eigenvalue weighted by atomic mass is 19.4. The van der Waals surface area contributed by atoms with E-state index in [1.165, 1.54) is 0 Å². The number of halogens is 3. The van der Waals surface area contributed by atoms with Crippen molar-refractivity contribution in [3.8, 4) is 11.4 Å². The summed E-state index contributed by atoms with van der Waals surface area (Å²) < 4.78 is 31.7. The zero-order valence-electron chi connectivity index (χ0n) is 13.9. The highest BCUT2D eigenvalue weighted by Crippen LogP contribution is 2.26. The minimum atomic E-state index is -5.08. The molecule has 3 N–H and O–H groups in total. The molecule has 0 saturated carbocycles. The van der Waals surface area contributed by atoms with Crippen LogP contribution in [0.5, 0.6) is 0 Å². The topological polar surface area (TPSA) is 102 Å². The maximum absolute atomic E-state index is 10.6. The number of aromatic nitrogens is 3. The number of benzene rings is 1. The fourth-order valence-corrected chi connectivity index (χ4v) is 2.04. The lowest BCUT2D eigenvalue weighted by molar-refractivity contribution is -0.192. The molecule has 0 aliphatic rings. The number of hydrogen-bond acceptors (Lipinski definition) is 5. The van der Waals surface area contributed by atoms with Gasteiger partial charge in [-0.3, -0.25) is 4.98 Å². The number of aliphatic carboxylic acids is 1. The van der Waals surface area contributed by atoms with Crippen LogP contribution < -0.4 is 5.73 Å². The van der Waals surface area contributed by atoms with Crippen LogP contribution >= 0.6 is 0 Å². The Hall–Kier alpha value is -3.23. The normalized spacial score (nSPS) is 11.0. The molecule has 136 valence electrons. The van der Waals surface area contributed by atoms with Gasteiger partial charge in [-0.25, -0.2) is 14.8 Å². The summed E-state index contributed by atoms with van der Waals surface area (Å²) in [6, 6.07) is 9.98. The van der Waals surface area contributed by atoms with Crippen molar-refractivity contribution in [2.24, 2.45) is 0 Å². The Labute approximate surface area is 146 Å². The van der Waals surface area contributed by atoms with Crippen LogP contribution in [0.15, 0.2) is 36.5 Å². The van der Waals surface area contributed by atoms with Crippen molar-refractivity contribution in [3.63, 3.8) is 0 Å². The van der Waals surface area contributed by atoms with E-state index in [1.807, 2.05) is 44.2 Å². The average molecular weight is 364 g/mol. The highest BCUT2D eigenvalue weighted by Gasteiger charge is 2.38. The van der Waals surface area contributed by atoms with E-state index >= 15 is 0 Å². The second kappa shape index (κ2) is 7.34. The minimum absolute atomic E-state index is 0.516. The molecule has 0 unspecified atom stereocenters. The first-order valence-corrected chi connectivity index (χ1v) is 7.35. The number of alkyl halides is 3. The Balaban J connectivity index is 0.000000298. The number of aryl methyl sites for hydroxylation is 2. The number of carboxylic acids is 1. The van der Waals surface area contributed by atoms with Crippen molar-refractivity contribution in [1.29, 1.82) is 0 Å². The van der Waals surface area contributed by atoms with Gasteiger partial charge in [0, 0.05) is 28.4 Å². The van der Waals surface area contributed by atoms with Crippen LogP contribution in [0.2, 0.25) is 0 Å². The van der Waals surface area contributed by atoms with E-state index in [2.05, 4.69) is 15.0 Å². The van der Waals surface area contributed by atoms with Crippen molar-refractivity contribution in [3.05, 3.63) is 47.8 Å². The third-order valence-electron chi connectivity index (χ3n) is 3.37. The number of hydrogen-bond donors (Lipinski definition) is 2. The van der Waals surface area contributed by atoms with Gasteiger partial charge < -0.3 is 10.8 Å². The number of carboxylic acid groups (broad SMARTS) is 1. The van der Waals surface area contributed by atoms with E-state index in [-0.39, 0.29) is 0 Å². The van der Waals surface area contributed by atoms with Crippen molar-refractivity contribution in [2.75, 3.05) is 5.73 Å². The summed E-state index contributed by atoms with van der Waals surface area (Å²) >= 11 is 0. The number of pyridine rings is 1. The van der Waals surface area contributed by atoms with Gasteiger partial charge >= 0.3 is 12.1 Å². The van der Waals surface area contributed by atoms with Crippen LogP contribution in [0, 0.1) is 13.8 Å². The third kappa shape index (κ3) is 4.44. The highest BCUT2D eigenvalue weighted by molar-refractivity contribution is 5.92. The van der Waals surface area contributed by atoms with Gasteiger partial charge in [0.05, 0.1) is 5.52 Å². The van der Waals surface area contributed by atoms with Gasteiger partial charge in [-0.05, 0) is 26.0 Å². The quantitative estimate of drug-likeness (QED) is 0.685. The van der Waals surface area contributed by atoms with Crippen LogP contribution in [0.25, 0.3) is 22.3 Å². The molecular formula is C17H15F3N4O2. The standard InChI is InChI=1S/C15H14N4.C2HF3O2/c1-9-8-17-15(19-14(9)16)12-4-3-5-13-11(12)7-6-10(2)18-13;3-2(4,5)1(6)7/h3-8H,1-2H3,(H2,16,17,19);(H,6,7). The van der Waals surface area contributed by atoms with Crippen molar-refractivity contribution in [2.45, 2.75) is 20.0 Å². The molecule has 2 aromatic heterocycles. The lowest BCUT2D eigenvalue weighted by Gasteiger charge is -2.07. The molecule has 1 aromatic carbocycles. The molecule has 0 aliphatic heterocycles. The van der Waals surface area contributed by atoms with Gasteiger partial charge in [-0.2, -0.15) is 13.2 Å². The Morgan fingerprint density at radius 2 is 1.77 bits per heavy atom. The SMILES string of the molecule is Cc1ccc2c(-c3ncc(C)c(N)n3)cccc2n1.O=C(O)C(F)(F)F. The third-order valence-corrected chi connectivity index (χ3v) is 3.37. The smallest absolute Gasteiger partial charge is 0.475 e. The molecule has 0 spiro atoms. The molecule has 0 bridgehead atoms. The molecule has 0 saturated heterocycles. The number of rotatable bonds is 1. The molecule has 3 rings (SSSR count). The van der Waals surface area contributed by atoms with Gasteiger partial charge in [0.25, 0.3) is 0 Å². The second-order valence-electron chi connectivity index (χ2n) is 5.39. The molecule has 0 radical (unpaired) electrons. The summed E-state index contributed by atoms with van der Waals surface area (Å²) in [6.45, 7) is 3.87. The lowest BCUT2D eigenvalue weighted by atomic mass is 10.1. The zero-order chi connectivity index (χ0) is 19.5. The van der Waals surface area contributed by atoms with Crippen molar-refractivity contribution in [1.82, 2.24) is 15.0 Å². The first kappa shape index (κ1) is 19.1. The lowest BCUT2D eigenvalue weighted by Crippen LogP contribution is -2.21. The van der Waals surface area contributed by atoms with Crippen molar-refractivity contribution >= 4 is 22.7 Å². The first-order valence-electron chi connectivity index (χ1n) is 7.35. The molecule has 9 heteroatoms. The number of anilines is 1. The molecule has 2 heterocycles. The summed E-state index contributed by atoms with van der Waals surface area (Å²) in [5.41, 5.74) is 9.64. The van der Waals surface area contributed by atoms with E-state index in [0.29, 0.717) is 11.6 Å². The maximum atomic E-state index is 10.6. The summed E-state index contributed by atoms with van der Waals surface area (Å²) in [4.78, 5) is 22.1. The monoisotopic (exact) mass is 364 g/mol. The van der Waals surface area contributed by atoms with Crippen LogP contribution in [-0.4, -0.2) is 32.2 Å². The summed E-state index contributed by atoms with van der Waals surface area (Å²) in [5, 5.41) is 8.16. The Bertz CT molecular complexity index is 958. The fourth-order valence-electron chi connectivity index (χ4n) is 2.04. The Morgan fingerprint density at radius 3 is 2.35 bits per heavy atom. The number of nitrogen functional groups attached to an aromatic ring is 1. The number of nitrogens with two attached hydrogens (primary N) is 1. The van der Waals surface area contributed by atoms with Crippen LogP contribution in [0.4, 0.5) is 19.0 Å². The number of carbonyl (C=O) groups is 1. The molecule has 0 amide bonds. The van der Waals surface area contributed by atoms with E-state index in [0.717, 1.165) is 27.7 Å². The van der Waals surface area contributed by atoms with Crippen molar-refractivity contribution < 1.29 is 23.1 Å². The summed E-state index contributed by atoms with van der Waals surface area (Å²) in [6.07, 6.45) is -3.34. The van der Waals surface area contributed by atoms with Gasteiger partial charge in [0.15, 0.2) is 5.82 Å². The molecular weight excluding hydrogens is 349 g/mol. The zero-order valence-corrected chi connectivity index (χ0v) is 13.9. The minimum Gasteiger partial charge on any atom is -0.475 e. The van der Waals surface area contributed by atoms with E-state index < -0.39 is 12.1 Å². The average Bonchev–Trinajstić information content (AvgIpc) is 2.56. The molecule has 6 nitrogen and oxygen atoms in total. The molecule has 0 atom stereocenters. The Morgan fingerprint density at radius 1 is 1.12 bits per heavy atom. The Kier molecular flexibility index (Phi) is 5.39. The largest absolute Gasteiger partial charge is 0.490 e. The van der Waals surface area contributed by atoms with E-state index in [4.69, 9.17) is 15.6 Å². The second-order valence-corrected chi connectivity index (χ2v) is 5.39. The van der Waals surface area contributed by atoms with Gasteiger partial charge in [-0.15, -0.1) is 0 Å². The summed E-state index contributed by atoms with van der Waals surface area (Å²) in [7, 11) is 0. The van der Waals surface area contributed by atoms with Gasteiger partial charge in [0.2, 0.25) is 0 Å². The number of fused-ring (bicyclic) bond motifs is 1. The maximum Gasteiger partial charge on any atom is 0.490 e. The molecule has 0 aliphatic carbocycles. The predicted molar refractivity (Wildman–Crippen MR) is 90.3 cm³/mol. The van der Waals surface area contributed by atoms with Crippen LogP contribution in [0.3, 0.4) is 0 Å². The van der Waals surface area contributed by atoms with Gasteiger partial charge in [-0.1, -0.05) is 18.2 Å². The predicted octanol–water partition coefficient (Wildman–Crippen LogP) is 3.52.